The second-order valence-corrected chi connectivity index (χ2v) is 5.83. The minimum Gasteiger partial charge on any atom is -0.337 e. The first-order valence-corrected chi connectivity index (χ1v) is 7.05. The molecule has 2 heterocycles. The summed E-state index contributed by atoms with van der Waals surface area (Å²) in [5, 5.41) is 0. The van der Waals surface area contributed by atoms with Crippen molar-refractivity contribution >= 4 is 22.4 Å². The van der Waals surface area contributed by atoms with Gasteiger partial charge in [-0.15, -0.1) is 11.3 Å². The number of fused-ring (bicyclic) bond motifs is 1. The first-order valence-electron chi connectivity index (χ1n) is 6.23. The Kier molecular flexibility index (Phi) is 2.71. The Morgan fingerprint density at radius 2 is 1.94 bits per heavy atom. The fourth-order valence-corrected chi connectivity index (χ4v) is 2.97. The lowest BCUT2D eigenvalue weighted by Gasteiger charge is -1.97. The smallest absolute Gasteiger partial charge is 0.148 e. The molecule has 0 aliphatic heterocycles. The Morgan fingerprint density at radius 3 is 2.67 bits per heavy atom. The summed E-state index contributed by atoms with van der Waals surface area (Å²) in [5.74, 6) is 0.986. The van der Waals surface area contributed by atoms with Crippen molar-refractivity contribution in [1.82, 2.24) is 9.97 Å². The van der Waals surface area contributed by atoms with Crippen molar-refractivity contribution in [3.05, 3.63) is 40.3 Å². The van der Waals surface area contributed by atoms with Gasteiger partial charge in [0.2, 0.25) is 0 Å². The zero-order chi connectivity index (χ0) is 12.7. The summed E-state index contributed by atoms with van der Waals surface area (Å²) in [4.78, 5) is 10.7. The molecule has 0 fully saturated rings. The molecule has 0 unspecified atom stereocenters. The Labute approximate surface area is 111 Å². The second kappa shape index (κ2) is 4.25. The predicted octanol–water partition coefficient (Wildman–Crippen LogP) is 4.47. The van der Waals surface area contributed by atoms with Crippen LogP contribution in [0.1, 0.15) is 22.9 Å². The average Bonchev–Trinajstić information content (AvgIpc) is 2.95. The molecule has 2 nitrogen and oxygen atoms in total. The van der Waals surface area contributed by atoms with Crippen LogP contribution in [0.2, 0.25) is 0 Å². The highest BCUT2D eigenvalue weighted by atomic mass is 32.1. The molecule has 1 N–H and O–H groups in total. The summed E-state index contributed by atoms with van der Waals surface area (Å²) < 4.78 is 0. The number of hydrogen-bond donors (Lipinski definition) is 1. The number of nitrogens with one attached hydrogen (secondary N) is 1. The summed E-state index contributed by atoms with van der Waals surface area (Å²) in [6.07, 6.45) is 1.09. The summed E-state index contributed by atoms with van der Waals surface area (Å²) in [6, 6.07) is 8.67. The van der Waals surface area contributed by atoms with E-state index in [1.807, 2.05) is 11.3 Å². The number of rotatable bonds is 2. The summed E-state index contributed by atoms with van der Waals surface area (Å²) in [5.41, 5.74) is 4.78. The number of aryl methyl sites for hydroxylation is 3. The molecule has 0 saturated heterocycles. The zero-order valence-electron chi connectivity index (χ0n) is 10.9. The van der Waals surface area contributed by atoms with Crippen LogP contribution in [-0.4, -0.2) is 9.97 Å². The van der Waals surface area contributed by atoms with Crippen molar-refractivity contribution in [3.63, 3.8) is 0 Å². The van der Waals surface area contributed by atoms with Gasteiger partial charge in [-0.3, -0.25) is 0 Å². The van der Waals surface area contributed by atoms with Crippen LogP contribution >= 0.6 is 11.3 Å². The second-order valence-electron chi connectivity index (χ2n) is 4.66. The molecular formula is C15H16N2S. The number of aromatic nitrogens is 2. The molecule has 2 aromatic heterocycles. The van der Waals surface area contributed by atoms with E-state index in [0.29, 0.717) is 0 Å². The number of H-pyrrole nitrogens is 1. The average molecular weight is 256 g/mol. The van der Waals surface area contributed by atoms with Crippen LogP contribution in [0, 0.1) is 13.8 Å². The predicted molar refractivity (Wildman–Crippen MR) is 78.3 cm³/mol. The highest BCUT2D eigenvalue weighted by molar-refractivity contribution is 7.15. The number of aromatic amines is 1. The topological polar surface area (TPSA) is 28.7 Å². The maximum Gasteiger partial charge on any atom is 0.148 e. The third-order valence-electron chi connectivity index (χ3n) is 3.34. The Morgan fingerprint density at radius 1 is 1.17 bits per heavy atom. The molecule has 92 valence electrons. The molecule has 0 atom stereocenters. The largest absolute Gasteiger partial charge is 0.337 e. The van der Waals surface area contributed by atoms with Crippen LogP contribution in [-0.2, 0) is 6.42 Å². The van der Waals surface area contributed by atoms with E-state index < -0.39 is 0 Å². The van der Waals surface area contributed by atoms with E-state index in [1.165, 1.54) is 20.9 Å². The van der Waals surface area contributed by atoms with Gasteiger partial charge in [0.15, 0.2) is 0 Å². The molecule has 1 aromatic carbocycles. The molecule has 0 saturated carbocycles. The number of thiophene rings is 1. The Bertz CT molecular complexity index is 667. The van der Waals surface area contributed by atoms with E-state index >= 15 is 0 Å². The van der Waals surface area contributed by atoms with Gasteiger partial charge in [0.25, 0.3) is 0 Å². The normalized spacial score (nSPS) is 11.3. The molecule has 3 rings (SSSR count). The minimum atomic E-state index is 0.986. The van der Waals surface area contributed by atoms with Crippen molar-refractivity contribution < 1.29 is 0 Å². The molecular weight excluding hydrogens is 240 g/mol. The molecule has 0 aliphatic rings. The Hall–Kier alpha value is -1.61. The lowest BCUT2D eigenvalue weighted by Crippen LogP contribution is -1.79. The van der Waals surface area contributed by atoms with Crippen LogP contribution < -0.4 is 0 Å². The summed E-state index contributed by atoms with van der Waals surface area (Å²) >= 11 is 1.82. The van der Waals surface area contributed by atoms with Gasteiger partial charge >= 0.3 is 0 Å². The molecule has 0 amide bonds. The lowest BCUT2D eigenvalue weighted by molar-refractivity contribution is 1.19. The molecule has 3 heteroatoms. The third kappa shape index (κ3) is 1.85. The monoisotopic (exact) mass is 256 g/mol. The highest BCUT2D eigenvalue weighted by Crippen LogP contribution is 2.28. The molecule has 0 spiro atoms. The zero-order valence-corrected chi connectivity index (χ0v) is 11.7. The fraction of sp³-hybridized carbons (Fsp3) is 0.267. The Balaban J connectivity index is 2.13. The van der Waals surface area contributed by atoms with Crippen molar-refractivity contribution in [3.8, 4) is 10.7 Å². The van der Waals surface area contributed by atoms with Crippen molar-refractivity contribution in [2.75, 3.05) is 0 Å². The number of nitrogens with zero attached hydrogens (tertiary/aromatic N) is 1. The minimum absolute atomic E-state index is 0.986. The van der Waals surface area contributed by atoms with Gasteiger partial charge in [0.1, 0.15) is 5.82 Å². The van der Waals surface area contributed by atoms with Crippen LogP contribution in [0.4, 0.5) is 0 Å². The van der Waals surface area contributed by atoms with Crippen molar-refractivity contribution in [2.24, 2.45) is 0 Å². The van der Waals surface area contributed by atoms with E-state index in [-0.39, 0.29) is 0 Å². The van der Waals surface area contributed by atoms with Gasteiger partial charge in [-0.25, -0.2) is 4.98 Å². The number of imidazole rings is 1. The van der Waals surface area contributed by atoms with Gasteiger partial charge in [0, 0.05) is 4.88 Å². The van der Waals surface area contributed by atoms with Crippen LogP contribution in [0.15, 0.2) is 24.3 Å². The van der Waals surface area contributed by atoms with Gasteiger partial charge in [-0.05, 0) is 55.7 Å². The molecule has 0 bridgehead atoms. The molecule has 0 radical (unpaired) electrons. The van der Waals surface area contributed by atoms with E-state index in [0.717, 1.165) is 23.3 Å². The first kappa shape index (κ1) is 11.5. The quantitative estimate of drug-likeness (QED) is 0.720. The molecule has 3 aromatic rings. The molecule has 18 heavy (non-hydrogen) atoms. The van der Waals surface area contributed by atoms with Gasteiger partial charge in [-0.1, -0.05) is 6.92 Å². The van der Waals surface area contributed by atoms with Crippen LogP contribution in [0.5, 0.6) is 0 Å². The van der Waals surface area contributed by atoms with E-state index in [4.69, 9.17) is 0 Å². The summed E-state index contributed by atoms with van der Waals surface area (Å²) in [6.45, 7) is 6.44. The highest BCUT2D eigenvalue weighted by Gasteiger charge is 2.08. The van der Waals surface area contributed by atoms with Gasteiger partial charge in [-0.2, -0.15) is 0 Å². The number of benzene rings is 1. The molecule has 0 aliphatic carbocycles. The summed E-state index contributed by atoms with van der Waals surface area (Å²) in [7, 11) is 0. The fourth-order valence-electron chi connectivity index (χ4n) is 2.08. The van der Waals surface area contributed by atoms with Crippen molar-refractivity contribution in [2.45, 2.75) is 27.2 Å². The van der Waals surface area contributed by atoms with E-state index in [9.17, 15) is 0 Å². The lowest BCUT2D eigenvalue weighted by atomic mass is 10.1. The van der Waals surface area contributed by atoms with Crippen LogP contribution in [0.3, 0.4) is 0 Å². The van der Waals surface area contributed by atoms with Crippen molar-refractivity contribution in [1.29, 1.82) is 0 Å². The standard InChI is InChI=1S/C15H16N2S/c1-4-11-5-6-14(18-11)15-16-12-7-9(2)10(3)8-13(12)17-15/h5-8H,4H2,1-3H3,(H,16,17). The SMILES string of the molecule is CCc1ccc(-c2nc3cc(C)c(C)cc3[nH]2)s1. The van der Waals surface area contributed by atoms with E-state index in [2.05, 4.69) is 55.0 Å². The third-order valence-corrected chi connectivity index (χ3v) is 4.58. The maximum atomic E-state index is 4.69. The van der Waals surface area contributed by atoms with E-state index in [1.54, 1.807) is 0 Å². The number of hydrogen-bond acceptors (Lipinski definition) is 2. The van der Waals surface area contributed by atoms with Gasteiger partial charge in [0.05, 0.1) is 15.9 Å². The van der Waals surface area contributed by atoms with Gasteiger partial charge < -0.3 is 4.98 Å². The van der Waals surface area contributed by atoms with Crippen LogP contribution in [0.25, 0.3) is 21.7 Å². The maximum absolute atomic E-state index is 4.69. The first-order chi connectivity index (χ1) is 8.67.